The Morgan fingerprint density at radius 1 is 1.28 bits per heavy atom. The molecule has 1 heterocycles. The van der Waals surface area contributed by atoms with Gasteiger partial charge in [-0.2, -0.15) is 0 Å². The van der Waals surface area contributed by atoms with Gasteiger partial charge in [0, 0.05) is 25.2 Å². The van der Waals surface area contributed by atoms with E-state index in [2.05, 4.69) is 42.7 Å². The molecule has 0 radical (unpaired) electrons. The van der Waals surface area contributed by atoms with Crippen molar-refractivity contribution in [2.75, 3.05) is 13.7 Å². The van der Waals surface area contributed by atoms with Gasteiger partial charge in [0.1, 0.15) is 5.75 Å². The van der Waals surface area contributed by atoms with Crippen LogP contribution in [0.1, 0.15) is 47.9 Å². The molecule has 2 aromatic carbocycles. The maximum Gasteiger partial charge on any atom is 0.229 e. The minimum atomic E-state index is -0.153. The van der Waals surface area contributed by atoms with Crippen LogP contribution in [0.25, 0.3) is 0 Å². The Bertz CT molecular complexity index is 755. The van der Waals surface area contributed by atoms with Gasteiger partial charge in [-0.05, 0) is 28.7 Å². The van der Waals surface area contributed by atoms with Crippen LogP contribution in [-0.4, -0.2) is 19.6 Å². The molecule has 0 saturated heterocycles. The van der Waals surface area contributed by atoms with Crippen LogP contribution in [0.3, 0.4) is 0 Å². The van der Waals surface area contributed by atoms with Crippen molar-refractivity contribution in [2.24, 2.45) is 0 Å². The SMILES string of the molecule is COc1ccccc1CNC(=O)C1CNCc2cc(C(C)C)ccc21. The van der Waals surface area contributed by atoms with Crippen LogP contribution in [0.15, 0.2) is 42.5 Å². The average Bonchev–Trinajstić information content (AvgIpc) is 2.65. The predicted octanol–water partition coefficient (Wildman–Crippen LogP) is 3.32. The van der Waals surface area contributed by atoms with Crippen molar-refractivity contribution in [2.45, 2.75) is 38.8 Å². The van der Waals surface area contributed by atoms with Crippen LogP contribution in [0.4, 0.5) is 0 Å². The van der Waals surface area contributed by atoms with Gasteiger partial charge in [-0.3, -0.25) is 4.79 Å². The number of benzene rings is 2. The fourth-order valence-corrected chi connectivity index (χ4v) is 3.33. The van der Waals surface area contributed by atoms with Crippen molar-refractivity contribution in [3.63, 3.8) is 0 Å². The zero-order chi connectivity index (χ0) is 17.8. The van der Waals surface area contributed by atoms with Gasteiger partial charge in [0.15, 0.2) is 0 Å². The highest BCUT2D eigenvalue weighted by atomic mass is 16.5. The predicted molar refractivity (Wildman–Crippen MR) is 99.8 cm³/mol. The van der Waals surface area contributed by atoms with Gasteiger partial charge >= 0.3 is 0 Å². The first-order valence-electron chi connectivity index (χ1n) is 8.83. The molecule has 132 valence electrons. The Hall–Kier alpha value is -2.33. The van der Waals surface area contributed by atoms with E-state index in [0.29, 0.717) is 19.0 Å². The van der Waals surface area contributed by atoms with Crippen molar-refractivity contribution in [3.05, 3.63) is 64.7 Å². The van der Waals surface area contributed by atoms with Gasteiger partial charge < -0.3 is 15.4 Å². The molecule has 2 N–H and O–H groups in total. The molecule has 0 aliphatic carbocycles. The number of para-hydroxylation sites is 1. The number of methoxy groups -OCH3 is 1. The summed E-state index contributed by atoms with van der Waals surface area (Å²) < 4.78 is 5.35. The Balaban J connectivity index is 1.73. The minimum Gasteiger partial charge on any atom is -0.496 e. The Morgan fingerprint density at radius 2 is 2.08 bits per heavy atom. The normalized spacial score (nSPS) is 16.4. The molecule has 4 nitrogen and oxygen atoms in total. The molecule has 0 spiro atoms. The van der Waals surface area contributed by atoms with Crippen molar-refractivity contribution in [1.29, 1.82) is 0 Å². The topological polar surface area (TPSA) is 50.4 Å². The summed E-state index contributed by atoms with van der Waals surface area (Å²) in [7, 11) is 1.65. The molecule has 0 aromatic heterocycles. The maximum atomic E-state index is 12.8. The molecule has 1 atom stereocenters. The lowest BCUT2D eigenvalue weighted by Crippen LogP contribution is -2.38. The Morgan fingerprint density at radius 3 is 2.84 bits per heavy atom. The first-order valence-corrected chi connectivity index (χ1v) is 8.83. The average molecular weight is 338 g/mol. The molecule has 3 rings (SSSR count). The molecule has 1 aliphatic rings. The van der Waals surface area contributed by atoms with Gasteiger partial charge in [-0.15, -0.1) is 0 Å². The second-order valence-electron chi connectivity index (χ2n) is 6.83. The smallest absolute Gasteiger partial charge is 0.229 e. The summed E-state index contributed by atoms with van der Waals surface area (Å²) in [6.45, 7) is 6.35. The van der Waals surface area contributed by atoms with E-state index in [-0.39, 0.29) is 11.8 Å². The lowest BCUT2D eigenvalue weighted by molar-refractivity contribution is -0.122. The van der Waals surface area contributed by atoms with Crippen LogP contribution in [0, 0.1) is 0 Å². The lowest BCUT2D eigenvalue weighted by Gasteiger charge is -2.27. The van der Waals surface area contributed by atoms with Crippen molar-refractivity contribution in [1.82, 2.24) is 10.6 Å². The summed E-state index contributed by atoms with van der Waals surface area (Å²) in [6, 6.07) is 14.3. The molecule has 1 aliphatic heterocycles. The summed E-state index contributed by atoms with van der Waals surface area (Å²) in [6.07, 6.45) is 0. The van der Waals surface area contributed by atoms with Crippen molar-refractivity contribution in [3.8, 4) is 5.75 Å². The minimum absolute atomic E-state index is 0.0525. The highest BCUT2D eigenvalue weighted by molar-refractivity contribution is 5.84. The second kappa shape index (κ2) is 7.70. The van der Waals surface area contributed by atoms with Crippen LogP contribution in [0.2, 0.25) is 0 Å². The molecule has 0 saturated carbocycles. The number of carbonyl (C=O) groups excluding carboxylic acids is 1. The summed E-state index contributed by atoms with van der Waals surface area (Å²) in [4.78, 5) is 12.8. The first-order chi connectivity index (χ1) is 12.1. The van der Waals surface area contributed by atoms with E-state index in [4.69, 9.17) is 4.74 Å². The number of nitrogens with one attached hydrogen (secondary N) is 2. The number of hydrogen-bond acceptors (Lipinski definition) is 3. The third-order valence-corrected chi connectivity index (χ3v) is 4.84. The monoisotopic (exact) mass is 338 g/mol. The molecular formula is C21H26N2O2. The number of fused-ring (bicyclic) bond motifs is 1. The van der Waals surface area contributed by atoms with Crippen LogP contribution >= 0.6 is 0 Å². The summed E-state index contributed by atoms with van der Waals surface area (Å²) in [5.41, 5.74) is 4.67. The van der Waals surface area contributed by atoms with E-state index in [1.54, 1.807) is 7.11 Å². The van der Waals surface area contributed by atoms with E-state index in [0.717, 1.165) is 23.4 Å². The molecule has 1 amide bonds. The highest BCUT2D eigenvalue weighted by Crippen LogP contribution is 2.28. The van der Waals surface area contributed by atoms with Crippen molar-refractivity contribution >= 4 is 5.91 Å². The molecule has 0 bridgehead atoms. The molecular weight excluding hydrogens is 312 g/mol. The van der Waals surface area contributed by atoms with Crippen LogP contribution in [-0.2, 0) is 17.9 Å². The zero-order valence-corrected chi connectivity index (χ0v) is 15.1. The van der Waals surface area contributed by atoms with Gasteiger partial charge in [-0.25, -0.2) is 0 Å². The van der Waals surface area contributed by atoms with E-state index >= 15 is 0 Å². The fourth-order valence-electron chi connectivity index (χ4n) is 3.33. The summed E-state index contributed by atoms with van der Waals surface area (Å²) in [5.74, 6) is 1.19. The second-order valence-corrected chi connectivity index (χ2v) is 6.83. The van der Waals surface area contributed by atoms with Crippen LogP contribution < -0.4 is 15.4 Å². The van der Waals surface area contributed by atoms with E-state index in [9.17, 15) is 4.79 Å². The largest absolute Gasteiger partial charge is 0.496 e. The summed E-state index contributed by atoms with van der Waals surface area (Å²) >= 11 is 0. The number of amides is 1. The molecule has 0 fully saturated rings. The fraction of sp³-hybridized carbons (Fsp3) is 0.381. The number of ether oxygens (including phenoxy) is 1. The lowest BCUT2D eigenvalue weighted by atomic mass is 9.87. The Labute approximate surface area is 149 Å². The van der Waals surface area contributed by atoms with Crippen LogP contribution in [0.5, 0.6) is 5.75 Å². The van der Waals surface area contributed by atoms with Gasteiger partial charge in [0.25, 0.3) is 0 Å². The zero-order valence-electron chi connectivity index (χ0n) is 15.1. The maximum absolute atomic E-state index is 12.8. The molecule has 1 unspecified atom stereocenters. The van der Waals surface area contributed by atoms with Gasteiger partial charge in [0.2, 0.25) is 5.91 Å². The van der Waals surface area contributed by atoms with Gasteiger partial charge in [-0.1, -0.05) is 50.2 Å². The molecule has 2 aromatic rings. The molecule has 4 heteroatoms. The third-order valence-electron chi connectivity index (χ3n) is 4.84. The van der Waals surface area contributed by atoms with E-state index < -0.39 is 0 Å². The van der Waals surface area contributed by atoms with E-state index in [1.165, 1.54) is 11.1 Å². The van der Waals surface area contributed by atoms with E-state index in [1.807, 2.05) is 24.3 Å². The Kier molecular flexibility index (Phi) is 5.39. The summed E-state index contributed by atoms with van der Waals surface area (Å²) in [5, 5.41) is 6.44. The van der Waals surface area contributed by atoms with Crippen molar-refractivity contribution < 1.29 is 9.53 Å². The standard InChI is InChI=1S/C21H26N2O2/c1-14(2)15-8-9-18-17(10-15)11-22-13-19(18)21(24)23-12-16-6-4-5-7-20(16)25-3/h4-10,14,19,22H,11-13H2,1-3H3,(H,23,24). The quantitative estimate of drug-likeness (QED) is 0.879. The third kappa shape index (κ3) is 3.85. The number of carbonyl (C=O) groups is 1. The number of hydrogen-bond donors (Lipinski definition) is 2. The highest BCUT2D eigenvalue weighted by Gasteiger charge is 2.26. The first kappa shape index (κ1) is 17.5. The number of rotatable bonds is 5. The van der Waals surface area contributed by atoms with Gasteiger partial charge in [0.05, 0.1) is 13.0 Å². The molecule has 25 heavy (non-hydrogen) atoms.